The Labute approximate surface area is 130 Å². The van der Waals surface area contributed by atoms with Gasteiger partial charge in [0.25, 0.3) is 11.8 Å². The van der Waals surface area contributed by atoms with E-state index in [1.54, 1.807) is 18.2 Å². The molecule has 22 heavy (non-hydrogen) atoms. The maximum Gasteiger partial charge on any atom is 0.257 e. The molecule has 0 aromatic heterocycles. The number of rotatable bonds is 9. The molecule has 0 unspecified atom stereocenters. The average molecular weight is 309 g/mol. The number of carbonyl (C=O) groups is 2. The minimum absolute atomic E-state index is 0.110. The number of likely N-dealkylation sites (N-methyl/N-ethyl adjacent to an activating group) is 2. The van der Waals surface area contributed by atoms with E-state index in [0.717, 1.165) is 6.54 Å². The molecule has 0 radical (unpaired) electrons. The van der Waals surface area contributed by atoms with Crippen LogP contribution in [-0.4, -0.2) is 52.2 Å². The Bertz CT molecular complexity index is 506. The fourth-order valence-electron chi connectivity index (χ4n) is 1.69. The fraction of sp³-hybridized carbons (Fsp3) is 0.467. The van der Waals surface area contributed by atoms with Gasteiger partial charge in [-0.05, 0) is 24.7 Å². The van der Waals surface area contributed by atoms with Crippen molar-refractivity contribution >= 4 is 11.8 Å². The molecule has 2 amide bonds. The summed E-state index contributed by atoms with van der Waals surface area (Å²) in [5.41, 5.74) is 0.473. The highest BCUT2D eigenvalue weighted by Gasteiger charge is 2.11. The van der Waals surface area contributed by atoms with E-state index in [9.17, 15) is 9.59 Å². The van der Waals surface area contributed by atoms with E-state index in [1.807, 2.05) is 6.92 Å². The molecule has 0 heterocycles. The monoisotopic (exact) mass is 309 g/mol. The number of methoxy groups -OCH3 is 1. The first kappa shape index (κ1) is 17.8. The first-order chi connectivity index (χ1) is 10.6. The topological polar surface area (TPSA) is 88.7 Å². The van der Waals surface area contributed by atoms with Crippen LogP contribution in [0.15, 0.2) is 18.2 Å². The SMILES string of the molecule is CCNCCNC(=O)c1ccc(OCC(=O)NC)c(OC)c1. The van der Waals surface area contributed by atoms with Crippen molar-refractivity contribution in [3.63, 3.8) is 0 Å². The zero-order chi connectivity index (χ0) is 16.4. The van der Waals surface area contributed by atoms with Crippen molar-refractivity contribution in [2.45, 2.75) is 6.92 Å². The number of hydrogen-bond donors (Lipinski definition) is 3. The number of benzene rings is 1. The van der Waals surface area contributed by atoms with Gasteiger partial charge in [0.2, 0.25) is 0 Å². The second-order valence-electron chi connectivity index (χ2n) is 4.44. The number of carbonyl (C=O) groups excluding carboxylic acids is 2. The van der Waals surface area contributed by atoms with E-state index in [2.05, 4.69) is 16.0 Å². The van der Waals surface area contributed by atoms with E-state index >= 15 is 0 Å². The Morgan fingerprint density at radius 2 is 1.95 bits per heavy atom. The highest BCUT2D eigenvalue weighted by Crippen LogP contribution is 2.27. The Balaban J connectivity index is 2.66. The third kappa shape index (κ3) is 5.61. The number of nitrogens with one attached hydrogen (secondary N) is 3. The molecule has 0 saturated carbocycles. The maximum atomic E-state index is 12.0. The van der Waals surface area contributed by atoms with Crippen LogP contribution in [0.5, 0.6) is 11.5 Å². The van der Waals surface area contributed by atoms with E-state index < -0.39 is 0 Å². The Morgan fingerprint density at radius 3 is 2.59 bits per heavy atom. The van der Waals surface area contributed by atoms with Crippen molar-refractivity contribution in [3.8, 4) is 11.5 Å². The summed E-state index contributed by atoms with van der Waals surface area (Å²) in [6, 6.07) is 4.83. The summed E-state index contributed by atoms with van der Waals surface area (Å²) in [5, 5.41) is 8.39. The summed E-state index contributed by atoms with van der Waals surface area (Å²) in [5.74, 6) is 0.389. The zero-order valence-electron chi connectivity index (χ0n) is 13.2. The van der Waals surface area contributed by atoms with Gasteiger partial charge in [-0.1, -0.05) is 6.92 Å². The lowest BCUT2D eigenvalue weighted by molar-refractivity contribution is -0.122. The summed E-state index contributed by atoms with van der Waals surface area (Å²) in [4.78, 5) is 23.2. The maximum absolute atomic E-state index is 12.0. The van der Waals surface area contributed by atoms with Gasteiger partial charge in [0.1, 0.15) is 0 Å². The van der Waals surface area contributed by atoms with Crippen LogP contribution in [0.4, 0.5) is 0 Å². The molecule has 0 aliphatic heterocycles. The fourth-order valence-corrected chi connectivity index (χ4v) is 1.69. The molecule has 0 bridgehead atoms. The van der Waals surface area contributed by atoms with Crippen LogP contribution in [0.2, 0.25) is 0 Å². The van der Waals surface area contributed by atoms with E-state index in [-0.39, 0.29) is 18.4 Å². The summed E-state index contributed by atoms with van der Waals surface area (Å²) in [6.07, 6.45) is 0. The number of ether oxygens (including phenoxy) is 2. The summed E-state index contributed by atoms with van der Waals surface area (Å²) >= 11 is 0. The van der Waals surface area contributed by atoms with Crippen LogP contribution in [0.1, 0.15) is 17.3 Å². The van der Waals surface area contributed by atoms with E-state index in [0.29, 0.717) is 30.2 Å². The number of hydrogen-bond acceptors (Lipinski definition) is 5. The van der Waals surface area contributed by atoms with Gasteiger partial charge < -0.3 is 25.4 Å². The van der Waals surface area contributed by atoms with Crippen molar-refractivity contribution in [1.82, 2.24) is 16.0 Å². The normalized spacial score (nSPS) is 9.95. The van der Waals surface area contributed by atoms with Crippen LogP contribution in [-0.2, 0) is 4.79 Å². The second kappa shape index (κ2) is 9.62. The van der Waals surface area contributed by atoms with Crippen molar-refractivity contribution < 1.29 is 19.1 Å². The first-order valence-electron chi connectivity index (χ1n) is 7.12. The molecular formula is C15H23N3O4. The third-order valence-electron chi connectivity index (χ3n) is 2.90. The molecule has 7 heteroatoms. The van der Waals surface area contributed by atoms with Crippen LogP contribution >= 0.6 is 0 Å². The predicted molar refractivity (Wildman–Crippen MR) is 83.4 cm³/mol. The van der Waals surface area contributed by atoms with Crippen molar-refractivity contribution in [3.05, 3.63) is 23.8 Å². The van der Waals surface area contributed by atoms with Crippen molar-refractivity contribution in [2.75, 3.05) is 40.4 Å². The molecular weight excluding hydrogens is 286 g/mol. The van der Waals surface area contributed by atoms with Gasteiger partial charge in [-0.3, -0.25) is 9.59 Å². The smallest absolute Gasteiger partial charge is 0.257 e. The van der Waals surface area contributed by atoms with E-state index in [4.69, 9.17) is 9.47 Å². The Hall–Kier alpha value is -2.28. The molecule has 0 atom stereocenters. The summed E-state index contributed by atoms with van der Waals surface area (Å²) in [7, 11) is 3.01. The Morgan fingerprint density at radius 1 is 1.18 bits per heavy atom. The standard InChI is InChI=1S/C15H23N3O4/c1-4-17-7-8-18-15(20)11-5-6-12(13(9-11)21-3)22-10-14(19)16-2/h5-6,9,17H,4,7-8,10H2,1-3H3,(H,16,19)(H,18,20). The average Bonchev–Trinajstić information content (AvgIpc) is 2.56. The quantitative estimate of drug-likeness (QED) is 0.566. The van der Waals surface area contributed by atoms with Crippen molar-refractivity contribution in [1.29, 1.82) is 0 Å². The summed E-state index contributed by atoms with van der Waals surface area (Å²) in [6.45, 7) is 4.02. The molecule has 0 fully saturated rings. The van der Waals surface area contributed by atoms with Gasteiger partial charge >= 0.3 is 0 Å². The third-order valence-corrected chi connectivity index (χ3v) is 2.90. The van der Waals surface area contributed by atoms with Gasteiger partial charge in [0.05, 0.1) is 7.11 Å². The predicted octanol–water partition coefficient (Wildman–Crippen LogP) is 0.159. The summed E-state index contributed by atoms with van der Waals surface area (Å²) < 4.78 is 10.5. The molecule has 0 saturated heterocycles. The largest absolute Gasteiger partial charge is 0.493 e. The van der Waals surface area contributed by atoms with Crippen LogP contribution in [0.3, 0.4) is 0 Å². The zero-order valence-corrected chi connectivity index (χ0v) is 13.2. The molecule has 7 nitrogen and oxygen atoms in total. The van der Waals surface area contributed by atoms with Crippen LogP contribution < -0.4 is 25.4 Å². The second-order valence-corrected chi connectivity index (χ2v) is 4.44. The molecule has 1 aromatic rings. The van der Waals surface area contributed by atoms with Gasteiger partial charge in [-0.15, -0.1) is 0 Å². The van der Waals surface area contributed by atoms with Gasteiger partial charge in [0, 0.05) is 25.7 Å². The minimum Gasteiger partial charge on any atom is -0.493 e. The molecule has 0 spiro atoms. The first-order valence-corrected chi connectivity index (χ1v) is 7.12. The minimum atomic E-state index is -0.243. The highest BCUT2D eigenvalue weighted by molar-refractivity contribution is 5.94. The number of amides is 2. The van der Waals surface area contributed by atoms with Crippen molar-refractivity contribution in [2.24, 2.45) is 0 Å². The molecule has 122 valence electrons. The molecule has 3 N–H and O–H groups in total. The lowest BCUT2D eigenvalue weighted by Crippen LogP contribution is -2.31. The van der Waals surface area contributed by atoms with Gasteiger partial charge in [-0.2, -0.15) is 0 Å². The molecule has 0 aliphatic rings. The molecule has 1 rings (SSSR count). The highest BCUT2D eigenvalue weighted by atomic mass is 16.5. The van der Waals surface area contributed by atoms with Crippen LogP contribution in [0, 0.1) is 0 Å². The van der Waals surface area contributed by atoms with Gasteiger partial charge in [-0.25, -0.2) is 0 Å². The lowest BCUT2D eigenvalue weighted by atomic mass is 10.2. The lowest BCUT2D eigenvalue weighted by Gasteiger charge is -2.12. The Kier molecular flexibility index (Phi) is 7.77. The van der Waals surface area contributed by atoms with E-state index in [1.165, 1.54) is 14.2 Å². The van der Waals surface area contributed by atoms with Gasteiger partial charge in [0.15, 0.2) is 18.1 Å². The molecule has 0 aliphatic carbocycles. The molecule has 1 aromatic carbocycles. The van der Waals surface area contributed by atoms with Crippen LogP contribution in [0.25, 0.3) is 0 Å².